The van der Waals surface area contributed by atoms with Crippen LogP contribution < -0.4 is 10.9 Å². The largest absolute Gasteiger partial charge is 0.318 e. The highest BCUT2D eigenvalue weighted by Gasteiger charge is 2.28. The Labute approximate surface area is 175 Å². The van der Waals surface area contributed by atoms with Gasteiger partial charge in [-0.3, -0.25) is 14.5 Å². The highest BCUT2D eigenvalue weighted by Crippen LogP contribution is 2.44. The maximum Gasteiger partial charge on any atom is 0.295 e. The molecule has 10 heteroatoms. The molecule has 0 radical (unpaired) electrons. The minimum absolute atomic E-state index is 0.204. The van der Waals surface area contributed by atoms with Crippen molar-refractivity contribution in [3.8, 4) is 11.4 Å². The van der Waals surface area contributed by atoms with E-state index in [4.69, 9.17) is 15.1 Å². The van der Waals surface area contributed by atoms with E-state index in [0.717, 1.165) is 29.3 Å². The first-order valence-electron chi connectivity index (χ1n) is 9.93. The molecule has 0 aliphatic heterocycles. The highest BCUT2D eigenvalue weighted by atomic mass is 16.1. The maximum atomic E-state index is 12.3. The van der Waals surface area contributed by atoms with Crippen LogP contribution in [0.15, 0.2) is 54.0 Å². The summed E-state index contributed by atoms with van der Waals surface area (Å²) in [6.45, 7) is 0. The topological polar surface area (TPSA) is 116 Å². The fourth-order valence-corrected chi connectivity index (χ4v) is 3.74. The Balaban J connectivity index is 1.63. The average Bonchev–Trinajstić information content (AvgIpc) is 3.42. The molecule has 1 aromatic carbocycles. The van der Waals surface area contributed by atoms with Gasteiger partial charge in [-0.2, -0.15) is 9.61 Å². The van der Waals surface area contributed by atoms with Crippen molar-refractivity contribution in [2.75, 3.05) is 5.32 Å². The zero-order valence-corrected chi connectivity index (χ0v) is 16.6. The van der Waals surface area contributed by atoms with Gasteiger partial charge in [-0.05, 0) is 30.4 Å². The van der Waals surface area contributed by atoms with Crippen LogP contribution in [0.2, 0.25) is 0 Å². The first kappa shape index (κ1) is 17.6. The summed E-state index contributed by atoms with van der Waals surface area (Å²) in [5.74, 6) is 1.42. The van der Waals surface area contributed by atoms with Crippen molar-refractivity contribution >= 4 is 28.2 Å². The summed E-state index contributed by atoms with van der Waals surface area (Å²) < 4.78 is 3.35. The molecule has 0 bridgehead atoms. The number of aryl methyl sites for hydroxylation is 1. The van der Waals surface area contributed by atoms with Gasteiger partial charge in [0.25, 0.3) is 5.56 Å². The van der Waals surface area contributed by atoms with Crippen molar-refractivity contribution in [2.24, 2.45) is 7.05 Å². The molecule has 1 saturated carbocycles. The first-order valence-corrected chi connectivity index (χ1v) is 9.93. The van der Waals surface area contributed by atoms with E-state index >= 15 is 0 Å². The summed E-state index contributed by atoms with van der Waals surface area (Å²) in [4.78, 5) is 29.8. The Morgan fingerprint density at radius 2 is 2.03 bits per heavy atom. The molecule has 0 saturated heterocycles. The summed E-state index contributed by atoms with van der Waals surface area (Å²) in [6.07, 6.45) is 10.1. The summed E-state index contributed by atoms with van der Waals surface area (Å²) in [6, 6.07) is 6.09. The smallest absolute Gasteiger partial charge is 0.295 e. The van der Waals surface area contributed by atoms with E-state index in [1.165, 1.54) is 24.2 Å². The van der Waals surface area contributed by atoms with Crippen LogP contribution in [-0.2, 0) is 7.05 Å². The molecule has 4 aromatic heterocycles. The Bertz CT molecular complexity index is 1520. The Hall–Kier alpha value is -4.21. The van der Waals surface area contributed by atoms with E-state index in [1.54, 1.807) is 15.4 Å². The summed E-state index contributed by atoms with van der Waals surface area (Å²) in [5, 5.41) is 13.0. The van der Waals surface area contributed by atoms with E-state index in [1.807, 2.05) is 25.4 Å². The molecule has 0 amide bonds. The fourth-order valence-electron chi connectivity index (χ4n) is 3.74. The lowest BCUT2D eigenvalue weighted by atomic mass is 10.1. The molecule has 152 valence electrons. The summed E-state index contributed by atoms with van der Waals surface area (Å²) >= 11 is 0. The normalized spacial score (nSPS) is 13.7. The number of nitrogens with zero attached hydrogens (tertiary/aromatic N) is 8. The van der Waals surface area contributed by atoms with Gasteiger partial charge in [-0.15, -0.1) is 5.10 Å². The van der Waals surface area contributed by atoms with Crippen LogP contribution in [0.5, 0.6) is 0 Å². The second-order valence-corrected chi connectivity index (χ2v) is 7.57. The van der Waals surface area contributed by atoms with Gasteiger partial charge in [0.05, 0.1) is 23.5 Å². The summed E-state index contributed by atoms with van der Waals surface area (Å²) in [7, 11) is 1.85. The number of fused-ring (bicyclic) bond motifs is 3. The van der Waals surface area contributed by atoms with Crippen molar-refractivity contribution in [2.45, 2.75) is 18.8 Å². The molecule has 31 heavy (non-hydrogen) atoms. The van der Waals surface area contributed by atoms with E-state index in [-0.39, 0.29) is 5.69 Å². The third-order valence-corrected chi connectivity index (χ3v) is 5.34. The van der Waals surface area contributed by atoms with Gasteiger partial charge < -0.3 is 5.32 Å². The molecule has 6 rings (SSSR count). The van der Waals surface area contributed by atoms with Gasteiger partial charge in [-0.25, -0.2) is 15.0 Å². The second kappa shape index (κ2) is 6.66. The number of nitrogens with one attached hydrogen (secondary N) is 1. The zero-order chi connectivity index (χ0) is 20.9. The molecule has 4 heterocycles. The van der Waals surface area contributed by atoms with Crippen LogP contribution >= 0.6 is 0 Å². The molecule has 1 N–H and O–H groups in total. The SMILES string of the molecule is Cn1cc(-c2nc3c4c(C5CC5)cccc4nc(Nc4cnccnc4=O)n3n2)cn1. The van der Waals surface area contributed by atoms with Gasteiger partial charge in [0.2, 0.25) is 5.95 Å². The van der Waals surface area contributed by atoms with Gasteiger partial charge in [0, 0.05) is 31.0 Å². The number of hydrogen-bond donors (Lipinski definition) is 1. The van der Waals surface area contributed by atoms with Gasteiger partial charge in [0.15, 0.2) is 11.5 Å². The van der Waals surface area contributed by atoms with Crippen molar-refractivity contribution in [3.63, 3.8) is 0 Å². The average molecular weight is 411 g/mol. The monoisotopic (exact) mass is 411 g/mol. The van der Waals surface area contributed by atoms with Crippen LogP contribution in [0.25, 0.3) is 27.9 Å². The first-order chi connectivity index (χ1) is 15.2. The number of anilines is 2. The minimum Gasteiger partial charge on any atom is -0.318 e. The van der Waals surface area contributed by atoms with Crippen molar-refractivity contribution < 1.29 is 0 Å². The summed E-state index contributed by atoms with van der Waals surface area (Å²) in [5.41, 5.74) is 3.27. The molecule has 0 spiro atoms. The molecule has 10 nitrogen and oxygen atoms in total. The van der Waals surface area contributed by atoms with Crippen LogP contribution in [0.4, 0.5) is 11.6 Å². The Morgan fingerprint density at radius 1 is 1.13 bits per heavy atom. The lowest BCUT2D eigenvalue weighted by Crippen LogP contribution is -2.12. The van der Waals surface area contributed by atoms with Crippen LogP contribution in [0.3, 0.4) is 0 Å². The third-order valence-electron chi connectivity index (χ3n) is 5.34. The molecule has 1 aliphatic carbocycles. The maximum absolute atomic E-state index is 12.3. The Kier molecular flexibility index (Phi) is 3.79. The van der Waals surface area contributed by atoms with Gasteiger partial charge >= 0.3 is 0 Å². The lowest BCUT2D eigenvalue weighted by molar-refractivity contribution is 0.768. The number of rotatable bonds is 4. The number of benzene rings is 1. The molecular weight excluding hydrogens is 394 g/mol. The van der Waals surface area contributed by atoms with E-state index in [0.29, 0.717) is 23.3 Å². The van der Waals surface area contributed by atoms with E-state index in [9.17, 15) is 4.79 Å². The fraction of sp³-hybridized carbons (Fsp3) is 0.190. The van der Waals surface area contributed by atoms with E-state index in [2.05, 4.69) is 26.4 Å². The van der Waals surface area contributed by atoms with Crippen molar-refractivity contribution in [1.29, 1.82) is 0 Å². The number of hydrogen-bond acceptors (Lipinski definition) is 8. The molecular formula is C21H17N9O. The van der Waals surface area contributed by atoms with E-state index < -0.39 is 5.56 Å². The second-order valence-electron chi connectivity index (χ2n) is 7.57. The van der Waals surface area contributed by atoms with Crippen LogP contribution in [0, 0.1) is 0 Å². The van der Waals surface area contributed by atoms with Gasteiger partial charge in [0.1, 0.15) is 5.69 Å². The highest BCUT2D eigenvalue weighted by molar-refractivity contribution is 5.96. The molecule has 1 aliphatic rings. The Morgan fingerprint density at radius 3 is 2.84 bits per heavy atom. The molecule has 0 unspecified atom stereocenters. The standard InChI is InChI=1S/C21H17N9O/c1-29-11-13(9-24-29)18-27-19-17-14(12-5-6-12)3-2-4-15(17)25-21(30(19)28-18)26-16-10-22-7-8-23-20(16)31/h2-4,7-12H,5-6H2,1H3,(H,23,25,26,31). The predicted octanol–water partition coefficient (Wildman–Crippen LogP) is 2.45. The molecule has 5 aromatic rings. The minimum atomic E-state index is -0.438. The number of aromatic nitrogens is 8. The molecule has 0 atom stereocenters. The predicted molar refractivity (Wildman–Crippen MR) is 114 cm³/mol. The molecule has 1 fully saturated rings. The van der Waals surface area contributed by atoms with Gasteiger partial charge in [-0.1, -0.05) is 12.1 Å². The lowest BCUT2D eigenvalue weighted by Gasteiger charge is -2.10. The van der Waals surface area contributed by atoms with Crippen LogP contribution in [-0.4, -0.2) is 39.3 Å². The van der Waals surface area contributed by atoms with Crippen molar-refractivity contribution in [1.82, 2.24) is 39.3 Å². The quantitative estimate of drug-likeness (QED) is 0.479. The zero-order valence-electron chi connectivity index (χ0n) is 16.6. The van der Waals surface area contributed by atoms with Crippen LogP contribution in [0.1, 0.15) is 24.3 Å². The third kappa shape index (κ3) is 3.00. The van der Waals surface area contributed by atoms with Crippen molar-refractivity contribution in [3.05, 3.63) is 65.1 Å².